The molecule has 0 atom stereocenters. The summed E-state index contributed by atoms with van der Waals surface area (Å²) in [4.78, 5) is 43.0. The minimum absolute atomic E-state index is 0.0758. The van der Waals surface area contributed by atoms with Gasteiger partial charge in [0.2, 0.25) is 17.8 Å². The first-order valence-corrected chi connectivity index (χ1v) is 10.9. The Kier molecular flexibility index (Phi) is 7.86. The fraction of sp³-hybridized carbons (Fsp3) is 0.545. The third-order valence-corrected chi connectivity index (χ3v) is 5.30. The summed E-state index contributed by atoms with van der Waals surface area (Å²) in [5.41, 5.74) is 1.68. The summed E-state index contributed by atoms with van der Waals surface area (Å²) >= 11 is 0. The van der Waals surface area contributed by atoms with Gasteiger partial charge in [0.05, 0.1) is 6.61 Å². The van der Waals surface area contributed by atoms with E-state index in [9.17, 15) is 14.4 Å². The molecule has 168 valence electrons. The van der Waals surface area contributed by atoms with Gasteiger partial charge in [-0.3, -0.25) is 19.7 Å². The second-order valence-corrected chi connectivity index (χ2v) is 7.83. The Labute approximate surface area is 182 Å². The highest BCUT2D eigenvalue weighted by Crippen LogP contribution is 2.36. The maximum Gasteiger partial charge on any atom is 0.323 e. The number of carboxylic acid groups (broad SMARTS) is 1. The Morgan fingerprint density at radius 3 is 2.84 bits per heavy atom. The van der Waals surface area contributed by atoms with Gasteiger partial charge in [-0.05, 0) is 18.9 Å². The van der Waals surface area contributed by atoms with Crippen molar-refractivity contribution in [3.05, 3.63) is 23.8 Å². The molecular formula is C22H30N4O5. The van der Waals surface area contributed by atoms with E-state index >= 15 is 0 Å². The second-order valence-electron chi connectivity index (χ2n) is 7.83. The number of benzene rings is 1. The monoisotopic (exact) mass is 430 g/mol. The van der Waals surface area contributed by atoms with Crippen molar-refractivity contribution < 1.29 is 24.2 Å². The lowest BCUT2D eigenvalue weighted by molar-refractivity contribution is -0.144. The van der Waals surface area contributed by atoms with Crippen molar-refractivity contribution in [3.8, 4) is 5.75 Å². The first kappa shape index (κ1) is 22.6. The number of carbonyl (C=O) groups is 3. The van der Waals surface area contributed by atoms with Crippen molar-refractivity contribution in [2.45, 2.75) is 52.0 Å². The highest BCUT2D eigenvalue weighted by Gasteiger charge is 2.30. The largest absolute Gasteiger partial charge is 0.491 e. The zero-order valence-electron chi connectivity index (χ0n) is 17.9. The first-order valence-electron chi connectivity index (χ1n) is 10.9. The van der Waals surface area contributed by atoms with Crippen LogP contribution in [-0.2, 0) is 20.9 Å². The van der Waals surface area contributed by atoms with Gasteiger partial charge in [-0.25, -0.2) is 4.99 Å². The van der Waals surface area contributed by atoms with Gasteiger partial charge in [0.1, 0.15) is 24.5 Å². The van der Waals surface area contributed by atoms with Gasteiger partial charge in [0, 0.05) is 25.1 Å². The minimum atomic E-state index is -0.997. The molecule has 0 bridgehead atoms. The zero-order valence-corrected chi connectivity index (χ0v) is 17.9. The molecule has 3 rings (SSSR count). The molecule has 9 heteroatoms. The molecule has 2 heterocycles. The van der Waals surface area contributed by atoms with Crippen LogP contribution in [0.1, 0.15) is 51.0 Å². The predicted molar refractivity (Wildman–Crippen MR) is 115 cm³/mol. The van der Waals surface area contributed by atoms with Crippen molar-refractivity contribution in [3.63, 3.8) is 0 Å². The molecule has 0 aromatic heterocycles. The fourth-order valence-corrected chi connectivity index (χ4v) is 3.72. The Morgan fingerprint density at radius 1 is 1.23 bits per heavy atom. The number of hydrogen-bond acceptors (Lipinski definition) is 6. The summed E-state index contributed by atoms with van der Waals surface area (Å²) in [5, 5.41) is 11.8. The molecule has 1 aromatic carbocycles. The summed E-state index contributed by atoms with van der Waals surface area (Å²) in [6, 6.07) is 5.66. The normalized spacial score (nSPS) is 14.4. The molecule has 0 aliphatic carbocycles. The van der Waals surface area contributed by atoms with E-state index in [0.29, 0.717) is 50.1 Å². The number of hydrogen-bond donors (Lipinski definition) is 2. The molecule has 0 spiro atoms. The molecule has 1 aromatic rings. The van der Waals surface area contributed by atoms with E-state index in [0.717, 1.165) is 31.2 Å². The lowest BCUT2D eigenvalue weighted by atomic mass is 10.1. The van der Waals surface area contributed by atoms with Crippen LogP contribution in [0.25, 0.3) is 0 Å². The van der Waals surface area contributed by atoms with E-state index < -0.39 is 5.97 Å². The van der Waals surface area contributed by atoms with E-state index in [2.05, 4.69) is 17.2 Å². The third-order valence-electron chi connectivity index (χ3n) is 5.30. The molecule has 2 aliphatic rings. The average molecular weight is 431 g/mol. The van der Waals surface area contributed by atoms with Gasteiger partial charge < -0.3 is 19.6 Å². The molecular weight excluding hydrogens is 400 g/mol. The maximum atomic E-state index is 12.5. The lowest BCUT2D eigenvalue weighted by Gasteiger charge is -2.24. The number of nitrogens with one attached hydrogen (secondary N) is 1. The van der Waals surface area contributed by atoms with Gasteiger partial charge in [0.25, 0.3) is 0 Å². The number of nitrogens with zero attached hydrogens (tertiary/aromatic N) is 3. The third kappa shape index (κ3) is 6.19. The number of rotatable bonds is 12. The Morgan fingerprint density at radius 2 is 2.06 bits per heavy atom. The summed E-state index contributed by atoms with van der Waals surface area (Å²) in [6.45, 7) is 3.52. The van der Waals surface area contributed by atoms with E-state index in [4.69, 9.17) is 9.84 Å². The number of ether oxygens (including phenoxy) is 1. The fourth-order valence-electron chi connectivity index (χ4n) is 3.72. The van der Waals surface area contributed by atoms with Crippen molar-refractivity contribution in [1.82, 2.24) is 15.1 Å². The van der Waals surface area contributed by atoms with Crippen molar-refractivity contribution in [1.29, 1.82) is 0 Å². The molecule has 2 amide bonds. The van der Waals surface area contributed by atoms with Gasteiger partial charge in [-0.2, -0.15) is 0 Å². The second kappa shape index (κ2) is 10.8. The van der Waals surface area contributed by atoms with Crippen LogP contribution in [-0.4, -0.2) is 64.9 Å². The van der Waals surface area contributed by atoms with Crippen LogP contribution >= 0.6 is 0 Å². The van der Waals surface area contributed by atoms with Gasteiger partial charge in [-0.1, -0.05) is 38.3 Å². The molecule has 1 fully saturated rings. The Bertz CT molecular complexity index is 854. The topological polar surface area (TPSA) is 112 Å². The van der Waals surface area contributed by atoms with Gasteiger partial charge >= 0.3 is 5.97 Å². The molecule has 9 nitrogen and oxygen atoms in total. The number of unbranched alkanes of at least 4 members (excludes halogenated alkanes) is 3. The average Bonchev–Trinajstić information content (AvgIpc) is 3.10. The standard InChI is InChI=1S/C22H30N4O5/c1-2-3-4-5-11-25(15-20(29)30)19(28)10-7-12-31-17-9-6-8-16-13-26-14-18(27)23-22(26)24-21(16)17/h6,8-9H,2-5,7,10-15H2,1H3,(H,29,30)(H,23,24,27). The number of carboxylic acids is 1. The molecule has 1 saturated heterocycles. The quantitative estimate of drug-likeness (QED) is 0.492. The van der Waals surface area contributed by atoms with Crippen molar-refractivity contribution >= 4 is 29.4 Å². The predicted octanol–water partition coefficient (Wildman–Crippen LogP) is 2.27. The number of fused-ring (bicyclic) bond motifs is 2. The molecule has 31 heavy (non-hydrogen) atoms. The number of aliphatic carboxylic acids is 1. The van der Waals surface area contributed by atoms with Crippen LogP contribution < -0.4 is 10.1 Å². The van der Waals surface area contributed by atoms with E-state index in [1.807, 2.05) is 23.1 Å². The number of para-hydroxylation sites is 1. The summed E-state index contributed by atoms with van der Waals surface area (Å²) in [5.74, 6) is -0.0882. The van der Waals surface area contributed by atoms with Crippen LogP contribution in [0.15, 0.2) is 23.2 Å². The highest BCUT2D eigenvalue weighted by atomic mass is 16.5. The van der Waals surface area contributed by atoms with Crippen LogP contribution in [0.4, 0.5) is 5.69 Å². The minimum Gasteiger partial charge on any atom is -0.491 e. The van der Waals surface area contributed by atoms with Crippen LogP contribution in [0.2, 0.25) is 0 Å². The van der Waals surface area contributed by atoms with Gasteiger partial charge in [-0.15, -0.1) is 0 Å². The van der Waals surface area contributed by atoms with Crippen molar-refractivity contribution in [2.75, 3.05) is 26.2 Å². The van der Waals surface area contributed by atoms with E-state index in [1.165, 1.54) is 4.90 Å². The van der Waals surface area contributed by atoms with Gasteiger partial charge in [0.15, 0.2) is 0 Å². The maximum absolute atomic E-state index is 12.5. The van der Waals surface area contributed by atoms with Crippen LogP contribution in [0, 0.1) is 0 Å². The summed E-state index contributed by atoms with van der Waals surface area (Å²) < 4.78 is 5.88. The Balaban J connectivity index is 1.50. The number of aliphatic imine (C=N–C) groups is 1. The molecule has 0 radical (unpaired) electrons. The Hall–Kier alpha value is -3.10. The van der Waals surface area contributed by atoms with E-state index in [1.54, 1.807) is 0 Å². The summed E-state index contributed by atoms with van der Waals surface area (Å²) in [6.07, 6.45) is 4.68. The summed E-state index contributed by atoms with van der Waals surface area (Å²) in [7, 11) is 0. The number of amides is 2. The van der Waals surface area contributed by atoms with Crippen molar-refractivity contribution in [2.24, 2.45) is 4.99 Å². The number of guanidine groups is 1. The number of carbonyl (C=O) groups excluding carboxylic acids is 2. The van der Waals surface area contributed by atoms with Crippen LogP contribution in [0.5, 0.6) is 5.75 Å². The molecule has 2 N–H and O–H groups in total. The first-order chi connectivity index (χ1) is 15.0. The lowest BCUT2D eigenvalue weighted by Crippen LogP contribution is -2.36. The zero-order chi connectivity index (χ0) is 22.2. The highest BCUT2D eigenvalue weighted by molar-refractivity contribution is 6.06. The molecule has 2 aliphatic heterocycles. The van der Waals surface area contributed by atoms with E-state index in [-0.39, 0.29) is 24.8 Å². The molecule has 0 unspecified atom stereocenters. The SMILES string of the molecule is CCCCCCN(CC(=O)O)C(=O)CCCOc1cccc2c1N=C1NC(=O)CN1C2. The molecule has 0 saturated carbocycles. The smallest absolute Gasteiger partial charge is 0.323 e. The van der Waals surface area contributed by atoms with Crippen LogP contribution in [0.3, 0.4) is 0 Å².